The van der Waals surface area contributed by atoms with Crippen LogP contribution in [0.2, 0.25) is 0 Å². The van der Waals surface area contributed by atoms with Gasteiger partial charge in [-0.15, -0.1) is 11.3 Å². The van der Waals surface area contributed by atoms with Crippen LogP contribution in [0.15, 0.2) is 47.9 Å². The van der Waals surface area contributed by atoms with Gasteiger partial charge in [0, 0.05) is 28.4 Å². The maximum absolute atomic E-state index is 12.2. The van der Waals surface area contributed by atoms with E-state index in [9.17, 15) is 4.79 Å². The molecular weight excluding hydrogens is 416 g/mol. The van der Waals surface area contributed by atoms with E-state index in [0.717, 1.165) is 38.3 Å². The van der Waals surface area contributed by atoms with Crippen LogP contribution in [0, 0.1) is 13.8 Å². The summed E-state index contributed by atoms with van der Waals surface area (Å²) in [5, 5.41) is 5.93. The maximum Gasteiger partial charge on any atom is 0.230 e. The van der Waals surface area contributed by atoms with Gasteiger partial charge in [-0.1, -0.05) is 30.0 Å². The van der Waals surface area contributed by atoms with Gasteiger partial charge >= 0.3 is 0 Å². The summed E-state index contributed by atoms with van der Waals surface area (Å²) >= 11 is 3.11. The number of rotatable bonds is 8. The van der Waals surface area contributed by atoms with Crippen LogP contribution in [-0.2, 0) is 4.79 Å². The molecule has 0 saturated carbocycles. The van der Waals surface area contributed by atoms with Crippen molar-refractivity contribution in [1.82, 2.24) is 20.3 Å². The lowest BCUT2D eigenvalue weighted by atomic mass is 10.2. The highest BCUT2D eigenvalue weighted by Gasteiger charge is 2.13. The van der Waals surface area contributed by atoms with E-state index in [2.05, 4.69) is 34.1 Å². The van der Waals surface area contributed by atoms with Crippen molar-refractivity contribution in [2.45, 2.75) is 25.3 Å². The molecule has 0 radical (unpaired) electrons. The highest BCUT2D eigenvalue weighted by atomic mass is 32.2. The molecule has 30 heavy (non-hydrogen) atoms. The number of thiophene rings is 1. The van der Waals surface area contributed by atoms with E-state index in [1.165, 1.54) is 22.2 Å². The van der Waals surface area contributed by atoms with Crippen LogP contribution in [0.5, 0.6) is 5.75 Å². The summed E-state index contributed by atoms with van der Waals surface area (Å²) in [5.74, 6) is 1.08. The first-order valence-electron chi connectivity index (χ1n) is 9.70. The van der Waals surface area contributed by atoms with Crippen LogP contribution in [0.3, 0.4) is 0 Å². The molecule has 6 nitrogen and oxygen atoms in total. The average molecular weight is 439 g/mol. The first-order chi connectivity index (χ1) is 14.6. The number of aromatic nitrogens is 3. The molecule has 1 N–H and O–H groups in total. The van der Waals surface area contributed by atoms with Crippen molar-refractivity contribution in [2.75, 3.05) is 18.9 Å². The number of amides is 1. The Morgan fingerprint density at radius 2 is 2.03 bits per heavy atom. The second kappa shape index (κ2) is 9.40. The number of ether oxygens (including phenoxy) is 1. The summed E-state index contributed by atoms with van der Waals surface area (Å²) in [7, 11) is 0. The Balaban J connectivity index is 1.23. The maximum atomic E-state index is 12.2. The molecule has 1 aromatic carbocycles. The van der Waals surface area contributed by atoms with E-state index < -0.39 is 0 Å². The molecule has 0 aliphatic rings. The number of nitrogens with one attached hydrogen (secondary N) is 1. The molecular formula is C22H22N4O2S2. The number of hydrogen-bond donors (Lipinski definition) is 1. The number of carbonyl (C=O) groups excluding carboxylic acids is 1. The van der Waals surface area contributed by atoms with Crippen molar-refractivity contribution in [1.29, 1.82) is 0 Å². The van der Waals surface area contributed by atoms with Gasteiger partial charge in [-0.05, 0) is 38.0 Å². The molecule has 3 aromatic heterocycles. The molecule has 8 heteroatoms. The molecule has 4 rings (SSSR count). The Kier molecular flexibility index (Phi) is 6.44. The fourth-order valence-electron chi connectivity index (χ4n) is 3.12. The van der Waals surface area contributed by atoms with E-state index in [4.69, 9.17) is 4.74 Å². The van der Waals surface area contributed by atoms with Crippen LogP contribution >= 0.6 is 23.1 Å². The number of nitrogens with zero attached hydrogens (tertiary/aromatic N) is 3. The van der Waals surface area contributed by atoms with Gasteiger partial charge in [-0.3, -0.25) is 9.78 Å². The summed E-state index contributed by atoms with van der Waals surface area (Å²) in [6, 6.07) is 9.81. The Bertz CT molecular complexity index is 1190. The van der Waals surface area contributed by atoms with E-state index in [0.29, 0.717) is 18.9 Å². The lowest BCUT2D eigenvalue weighted by Gasteiger charge is -2.09. The molecule has 0 saturated heterocycles. The summed E-state index contributed by atoms with van der Waals surface area (Å²) < 4.78 is 5.86. The minimum Gasteiger partial charge on any atom is -0.491 e. The molecule has 154 valence electrons. The molecule has 1 amide bonds. The number of thioether (sulfide) groups is 1. The topological polar surface area (TPSA) is 77.0 Å². The molecule has 4 aromatic rings. The quantitative estimate of drug-likeness (QED) is 0.247. The summed E-state index contributed by atoms with van der Waals surface area (Å²) in [6.07, 6.45) is 4.05. The number of fused-ring (bicyclic) bond motifs is 2. The van der Waals surface area contributed by atoms with Crippen molar-refractivity contribution >= 4 is 50.1 Å². The number of pyridine rings is 1. The molecule has 0 aliphatic heterocycles. The lowest BCUT2D eigenvalue weighted by molar-refractivity contribution is -0.118. The predicted molar refractivity (Wildman–Crippen MR) is 122 cm³/mol. The fraction of sp³-hybridized carbons (Fsp3) is 0.273. The zero-order chi connectivity index (χ0) is 20.9. The Morgan fingerprint density at radius 1 is 1.17 bits per heavy atom. The van der Waals surface area contributed by atoms with Gasteiger partial charge in [0.2, 0.25) is 5.91 Å². The van der Waals surface area contributed by atoms with E-state index >= 15 is 0 Å². The second-order valence-corrected chi connectivity index (χ2v) is 8.98. The van der Waals surface area contributed by atoms with Gasteiger partial charge in [-0.25, -0.2) is 9.97 Å². The molecule has 0 atom stereocenters. The summed E-state index contributed by atoms with van der Waals surface area (Å²) in [4.78, 5) is 27.5. The molecule has 0 bridgehead atoms. The van der Waals surface area contributed by atoms with Gasteiger partial charge in [0.05, 0.1) is 12.4 Å². The number of hydrogen-bond acceptors (Lipinski definition) is 7. The molecule has 0 aliphatic carbocycles. The normalized spacial score (nSPS) is 11.1. The molecule has 0 fully saturated rings. The number of para-hydroxylation sites is 1. The number of benzene rings is 1. The third-order valence-corrected chi connectivity index (χ3v) is 6.87. The van der Waals surface area contributed by atoms with E-state index in [1.54, 1.807) is 23.9 Å². The Hall–Kier alpha value is -2.71. The zero-order valence-electron chi connectivity index (χ0n) is 16.8. The standard InChI is InChI=1S/C22H22N4O2S2/c1-14-15(2)30-22-19(14)21(25-13-26-22)29-12-18(27)23-10-5-11-28-17-8-3-6-16-7-4-9-24-20(16)17/h3-4,6-9,13H,5,10-12H2,1-2H3,(H,23,27). The van der Waals surface area contributed by atoms with Gasteiger partial charge in [0.25, 0.3) is 0 Å². The van der Waals surface area contributed by atoms with Crippen molar-refractivity contribution < 1.29 is 9.53 Å². The second-order valence-electron chi connectivity index (χ2n) is 6.81. The highest BCUT2D eigenvalue weighted by Crippen LogP contribution is 2.34. The van der Waals surface area contributed by atoms with Crippen molar-refractivity contribution in [2.24, 2.45) is 0 Å². The number of carbonyl (C=O) groups is 1. The minimum atomic E-state index is -0.0109. The van der Waals surface area contributed by atoms with Crippen LogP contribution < -0.4 is 10.1 Å². The van der Waals surface area contributed by atoms with Crippen LogP contribution in [-0.4, -0.2) is 39.8 Å². The SMILES string of the molecule is Cc1sc2ncnc(SCC(=O)NCCCOc3cccc4cccnc34)c2c1C. The minimum absolute atomic E-state index is 0.0109. The van der Waals surface area contributed by atoms with Gasteiger partial charge < -0.3 is 10.1 Å². The third-order valence-electron chi connectivity index (χ3n) is 4.77. The van der Waals surface area contributed by atoms with Gasteiger partial charge in [-0.2, -0.15) is 0 Å². The summed E-state index contributed by atoms with van der Waals surface area (Å²) in [5.41, 5.74) is 2.05. The Morgan fingerprint density at radius 3 is 2.93 bits per heavy atom. The smallest absolute Gasteiger partial charge is 0.230 e. The number of aryl methyl sites for hydroxylation is 2. The van der Waals surface area contributed by atoms with E-state index in [-0.39, 0.29) is 5.91 Å². The van der Waals surface area contributed by atoms with Crippen LogP contribution in [0.25, 0.3) is 21.1 Å². The third kappa shape index (κ3) is 4.55. The van der Waals surface area contributed by atoms with Crippen molar-refractivity contribution in [3.63, 3.8) is 0 Å². The summed E-state index contributed by atoms with van der Waals surface area (Å²) in [6.45, 7) is 5.24. The lowest BCUT2D eigenvalue weighted by Crippen LogP contribution is -2.27. The van der Waals surface area contributed by atoms with Crippen molar-refractivity contribution in [3.8, 4) is 5.75 Å². The van der Waals surface area contributed by atoms with Crippen LogP contribution in [0.1, 0.15) is 16.9 Å². The predicted octanol–water partition coefficient (Wildman–Crippen LogP) is 4.53. The van der Waals surface area contributed by atoms with Gasteiger partial charge in [0.15, 0.2) is 0 Å². The molecule has 0 spiro atoms. The Labute approximate surface area is 183 Å². The van der Waals surface area contributed by atoms with Crippen LogP contribution in [0.4, 0.5) is 0 Å². The first-order valence-corrected chi connectivity index (χ1v) is 11.5. The monoisotopic (exact) mass is 438 g/mol. The molecule has 0 unspecified atom stereocenters. The van der Waals surface area contributed by atoms with E-state index in [1.807, 2.05) is 30.3 Å². The fourth-order valence-corrected chi connectivity index (χ4v) is 5.07. The largest absolute Gasteiger partial charge is 0.491 e. The van der Waals surface area contributed by atoms with Crippen molar-refractivity contribution in [3.05, 3.63) is 53.3 Å². The zero-order valence-corrected chi connectivity index (χ0v) is 18.5. The first kappa shape index (κ1) is 20.6. The average Bonchev–Trinajstić information content (AvgIpc) is 3.06. The van der Waals surface area contributed by atoms with Gasteiger partial charge in [0.1, 0.15) is 27.4 Å². The highest BCUT2D eigenvalue weighted by molar-refractivity contribution is 8.00. The molecule has 3 heterocycles.